The number of nitrogens with one attached hydrogen (secondary N) is 1. The first kappa shape index (κ1) is 34.0. The highest BCUT2D eigenvalue weighted by molar-refractivity contribution is 5.76. The number of nitrogens with zero attached hydrogens (tertiary/aromatic N) is 6. The van der Waals surface area contributed by atoms with E-state index < -0.39 is 24.0 Å². The number of fused-ring (bicyclic) bond motifs is 3. The number of hydrogen-bond acceptors (Lipinski definition) is 8. The molecule has 16 heteroatoms. The first-order valence-electron chi connectivity index (χ1n) is 15.4. The second-order valence-corrected chi connectivity index (χ2v) is 12.0. The van der Waals surface area contributed by atoms with Gasteiger partial charge >= 0.3 is 18.3 Å². The summed E-state index contributed by atoms with van der Waals surface area (Å²) >= 11 is 0. The number of aliphatic carboxylic acids is 1. The lowest BCUT2D eigenvalue weighted by molar-refractivity contribution is -0.192. The molecule has 0 unspecified atom stereocenters. The Morgan fingerprint density at radius 2 is 1.76 bits per heavy atom. The lowest BCUT2D eigenvalue weighted by atomic mass is 9.90. The van der Waals surface area contributed by atoms with E-state index in [1.807, 2.05) is 27.9 Å². The van der Waals surface area contributed by atoms with E-state index in [9.17, 15) is 26.3 Å². The van der Waals surface area contributed by atoms with Crippen LogP contribution in [0.3, 0.4) is 0 Å². The SMILES string of the molecule is COCCn1ncc(C)c1C1CCN(c2cc3c(c(C(F)(F)F)n2)C=CC[C@H]2[C@H](N4CCNCC4)CN32)CC1.O=C(O)C(F)(F)F. The molecule has 2 N–H and O–H groups in total. The lowest BCUT2D eigenvalue weighted by Gasteiger charge is -2.54. The van der Waals surface area contributed by atoms with E-state index in [0.717, 1.165) is 57.5 Å². The van der Waals surface area contributed by atoms with Gasteiger partial charge in [0.05, 0.1) is 25.0 Å². The van der Waals surface area contributed by atoms with Crippen LogP contribution in [0.1, 0.15) is 47.7 Å². The van der Waals surface area contributed by atoms with E-state index in [1.54, 1.807) is 13.2 Å². The molecular weight excluding hydrogens is 620 g/mol. The van der Waals surface area contributed by atoms with Gasteiger partial charge in [0.25, 0.3) is 0 Å². The summed E-state index contributed by atoms with van der Waals surface area (Å²) in [6.07, 6.45) is -1.71. The monoisotopic (exact) mass is 659 g/mol. The summed E-state index contributed by atoms with van der Waals surface area (Å²) in [6.45, 7) is 9.33. The van der Waals surface area contributed by atoms with Crippen molar-refractivity contribution in [2.75, 3.05) is 69.3 Å². The fourth-order valence-electron chi connectivity index (χ4n) is 6.85. The predicted octanol–water partition coefficient (Wildman–Crippen LogP) is 4.15. The summed E-state index contributed by atoms with van der Waals surface area (Å²) in [6, 6.07) is 2.48. The first-order valence-corrected chi connectivity index (χ1v) is 15.4. The van der Waals surface area contributed by atoms with Crippen LogP contribution in [0.15, 0.2) is 18.3 Å². The molecule has 0 radical (unpaired) electrons. The summed E-state index contributed by atoms with van der Waals surface area (Å²) in [5, 5.41) is 15.0. The van der Waals surface area contributed by atoms with E-state index >= 15 is 0 Å². The summed E-state index contributed by atoms with van der Waals surface area (Å²) in [5.41, 5.74) is 2.48. The minimum atomic E-state index is -5.08. The standard InChI is InChI=1S/C28H38F3N7O.C2HF3O2/c1-19-17-33-38(14-15-39-2)26(19)20-6-10-36(11-7-20)25-16-23-21(27(34-25)28(29,30)31)4-3-5-22-24(18-37(22)23)35-12-8-32-9-13-35;3-2(4,5)1(6)7/h3-4,16-17,20,22,24,32H,5-15,18H2,1-2H3;(H,6,7)/t22-,24+;/m0./s1. The van der Waals surface area contributed by atoms with E-state index in [0.29, 0.717) is 49.7 Å². The highest BCUT2D eigenvalue weighted by Gasteiger charge is 2.46. The van der Waals surface area contributed by atoms with Gasteiger partial charge in [-0.3, -0.25) is 9.58 Å². The Kier molecular flexibility index (Phi) is 10.2. The number of carboxylic acids is 1. The molecule has 2 aromatic rings. The van der Waals surface area contributed by atoms with Crippen LogP contribution >= 0.6 is 0 Å². The molecule has 6 rings (SSSR count). The summed E-state index contributed by atoms with van der Waals surface area (Å²) in [4.78, 5) is 19.9. The largest absolute Gasteiger partial charge is 0.490 e. The highest BCUT2D eigenvalue weighted by Crippen LogP contribution is 2.44. The van der Waals surface area contributed by atoms with Gasteiger partial charge in [0.15, 0.2) is 5.69 Å². The molecule has 0 amide bonds. The summed E-state index contributed by atoms with van der Waals surface area (Å²) in [5.74, 6) is -2.01. The molecule has 6 heterocycles. The van der Waals surface area contributed by atoms with Gasteiger partial charge < -0.3 is 25.0 Å². The fourth-order valence-corrected chi connectivity index (χ4v) is 6.85. The quantitative estimate of drug-likeness (QED) is 0.444. The number of hydrogen-bond donors (Lipinski definition) is 2. The molecule has 3 fully saturated rings. The van der Waals surface area contributed by atoms with Crippen LogP contribution in [0, 0.1) is 6.92 Å². The van der Waals surface area contributed by atoms with Crippen LogP contribution in [0.5, 0.6) is 0 Å². The van der Waals surface area contributed by atoms with Gasteiger partial charge in [0.1, 0.15) is 5.82 Å². The molecule has 46 heavy (non-hydrogen) atoms. The third-order valence-corrected chi connectivity index (χ3v) is 9.14. The zero-order valence-electron chi connectivity index (χ0n) is 25.7. The second kappa shape index (κ2) is 13.8. The van der Waals surface area contributed by atoms with Gasteiger partial charge in [-0.05, 0) is 31.7 Å². The molecular formula is C30H39F6N7O3. The maximum Gasteiger partial charge on any atom is 0.490 e. The number of methoxy groups -OCH3 is 1. The molecule has 0 aliphatic carbocycles. The minimum absolute atomic E-state index is 0.193. The number of alkyl halides is 6. The highest BCUT2D eigenvalue weighted by atomic mass is 19.4. The van der Waals surface area contributed by atoms with Crippen LogP contribution in [0.4, 0.5) is 37.8 Å². The summed E-state index contributed by atoms with van der Waals surface area (Å²) in [7, 11) is 1.68. The zero-order chi connectivity index (χ0) is 33.2. The number of rotatable bonds is 6. The molecule has 0 aromatic carbocycles. The second-order valence-electron chi connectivity index (χ2n) is 12.0. The van der Waals surface area contributed by atoms with E-state index in [2.05, 4.69) is 32.1 Å². The third-order valence-electron chi connectivity index (χ3n) is 9.14. The molecule has 0 bridgehead atoms. The van der Waals surface area contributed by atoms with Crippen molar-refractivity contribution in [3.05, 3.63) is 40.9 Å². The number of ether oxygens (including phenoxy) is 1. The zero-order valence-corrected chi connectivity index (χ0v) is 25.7. The van der Waals surface area contributed by atoms with Gasteiger partial charge in [-0.2, -0.15) is 31.4 Å². The van der Waals surface area contributed by atoms with Crippen LogP contribution in [-0.2, 0) is 22.3 Å². The molecule has 2 atom stereocenters. The van der Waals surface area contributed by atoms with Crippen molar-refractivity contribution in [2.24, 2.45) is 0 Å². The van der Waals surface area contributed by atoms with E-state index in [-0.39, 0.29) is 11.6 Å². The Hall–Kier alpha value is -3.37. The molecule has 4 aliphatic rings. The molecule has 3 saturated heterocycles. The predicted molar refractivity (Wildman–Crippen MR) is 159 cm³/mol. The lowest BCUT2D eigenvalue weighted by Crippen LogP contribution is -2.69. The molecule has 254 valence electrons. The third kappa shape index (κ3) is 7.28. The molecule has 0 spiro atoms. The summed E-state index contributed by atoms with van der Waals surface area (Å²) < 4.78 is 82.0. The Bertz CT molecular complexity index is 1400. The van der Waals surface area contributed by atoms with Crippen molar-refractivity contribution in [2.45, 2.75) is 63.1 Å². The van der Waals surface area contributed by atoms with Crippen LogP contribution in [0.2, 0.25) is 0 Å². The smallest absolute Gasteiger partial charge is 0.475 e. The van der Waals surface area contributed by atoms with Crippen LogP contribution in [0.25, 0.3) is 6.08 Å². The number of piperidine rings is 1. The number of carbonyl (C=O) groups is 1. The number of anilines is 2. The number of halogens is 6. The van der Waals surface area contributed by atoms with Gasteiger partial charge in [-0.15, -0.1) is 0 Å². The van der Waals surface area contributed by atoms with Crippen LogP contribution in [-0.4, -0.2) is 109 Å². The van der Waals surface area contributed by atoms with Gasteiger partial charge in [0.2, 0.25) is 0 Å². The number of pyridine rings is 1. The van der Waals surface area contributed by atoms with Crippen molar-refractivity contribution >= 4 is 23.6 Å². The van der Waals surface area contributed by atoms with Gasteiger partial charge in [-0.1, -0.05) is 12.2 Å². The fraction of sp³-hybridized carbons (Fsp3) is 0.633. The Morgan fingerprint density at radius 3 is 2.37 bits per heavy atom. The van der Waals surface area contributed by atoms with Crippen LogP contribution < -0.4 is 15.1 Å². The maximum absolute atomic E-state index is 14.3. The van der Waals surface area contributed by atoms with Crippen molar-refractivity contribution in [3.63, 3.8) is 0 Å². The van der Waals surface area contributed by atoms with Gasteiger partial charge in [0, 0.05) is 88.2 Å². The topological polar surface area (TPSA) is 99.0 Å². The number of piperazine rings is 1. The molecule has 4 aliphatic heterocycles. The van der Waals surface area contributed by atoms with Crippen molar-refractivity contribution in [1.82, 2.24) is 25.0 Å². The average molecular weight is 660 g/mol. The van der Waals surface area contributed by atoms with Crippen molar-refractivity contribution in [3.8, 4) is 0 Å². The molecule has 2 aromatic heterocycles. The van der Waals surface area contributed by atoms with E-state index in [1.165, 1.54) is 5.69 Å². The molecule has 10 nitrogen and oxygen atoms in total. The minimum Gasteiger partial charge on any atom is -0.475 e. The molecule has 0 saturated carbocycles. The maximum atomic E-state index is 14.3. The van der Waals surface area contributed by atoms with E-state index in [4.69, 9.17) is 14.6 Å². The number of aryl methyl sites for hydroxylation is 1. The Labute approximate surface area is 263 Å². The van der Waals surface area contributed by atoms with Gasteiger partial charge in [-0.25, -0.2) is 9.78 Å². The Morgan fingerprint density at radius 1 is 1.09 bits per heavy atom. The average Bonchev–Trinajstić information content (AvgIpc) is 3.30. The van der Waals surface area contributed by atoms with Crippen molar-refractivity contribution < 1.29 is 41.0 Å². The number of aromatic nitrogens is 3. The number of carboxylic acid groups (broad SMARTS) is 1. The Balaban J connectivity index is 0.000000537. The first-order chi connectivity index (χ1) is 21.8. The normalized spacial score (nSPS) is 22.3. The van der Waals surface area contributed by atoms with Crippen molar-refractivity contribution in [1.29, 1.82) is 0 Å².